The average Bonchev–Trinajstić information content (AvgIpc) is 3.14. The average molecular weight is 456 g/mol. The van der Waals surface area contributed by atoms with Crippen LogP contribution < -0.4 is 0 Å². The van der Waals surface area contributed by atoms with Crippen LogP contribution in [0.1, 0.15) is 39.5 Å². The minimum absolute atomic E-state index is 0.00676. The molecular formula is C20H26ClN3O5S. The van der Waals surface area contributed by atoms with Crippen molar-refractivity contribution in [1.29, 1.82) is 0 Å². The molecule has 1 amide bonds. The Kier molecular flexibility index (Phi) is 7.28. The molecule has 1 fully saturated rings. The Bertz CT molecular complexity index is 876. The highest BCUT2D eigenvalue weighted by atomic mass is 35.5. The third-order valence-electron chi connectivity index (χ3n) is 4.50. The summed E-state index contributed by atoms with van der Waals surface area (Å²) >= 11 is 5.01. The van der Waals surface area contributed by atoms with Crippen LogP contribution in [0.5, 0.6) is 0 Å². The van der Waals surface area contributed by atoms with E-state index in [4.69, 9.17) is 25.6 Å². The lowest BCUT2D eigenvalue weighted by Gasteiger charge is -2.33. The third kappa shape index (κ3) is 6.10. The zero-order valence-electron chi connectivity index (χ0n) is 17.5. The summed E-state index contributed by atoms with van der Waals surface area (Å²) in [5.74, 6) is 0.752. The molecule has 10 heteroatoms. The van der Waals surface area contributed by atoms with Gasteiger partial charge in [-0.1, -0.05) is 16.8 Å². The van der Waals surface area contributed by atoms with Crippen LogP contribution in [0, 0.1) is 0 Å². The maximum Gasteiger partial charge on any atom is 0.410 e. The highest BCUT2D eigenvalue weighted by Gasteiger charge is 2.27. The summed E-state index contributed by atoms with van der Waals surface area (Å²) < 4.78 is 28.2. The first-order valence-electron chi connectivity index (χ1n) is 9.68. The lowest BCUT2D eigenvalue weighted by Crippen LogP contribution is -2.43. The van der Waals surface area contributed by atoms with E-state index in [2.05, 4.69) is 10.1 Å². The van der Waals surface area contributed by atoms with Crippen molar-refractivity contribution in [3.63, 3.8) is 0 Å². The molecule has 1 atom stereocenters. The molecule has 1 aromatic carbocycles. The topological polar surface area (TPSA) is 101 Å². The summed E-state index contributed by atoms with van der Waals surface area (Å²) in [4.78, 5) is 18.7. The second-order valence-electron chi connectivity index (χ2n) is 8.09. The van der Waals surface area contributed by atoms with Gasteiger partial charge in [-0.3, -0.25) is 0 Å². The molecule has 3 rings (SSSR count). The molecule has 1 aliphatic heterocycles. The molecule has 1 saturated heterocycles. The van der Waals surface area contributed by atoms with Gasteiger partial charge in [-0.05, 0) is 63.0 Å². The molecule has 1 unspecified atom stereocenters. The van der Waals surface area contributed by atoms with Gasteiger partial charge in [0, 0.05) is 18.7 Å². The monoisotopic (exact) mass is 455 g/mol. The van der Waals surface area contributed by atoms with Crippen molar-refractivity contribution in [3.8, 4) is 11.4 Å². The van der Waals surface area contributed by atoms with Crippen LogP contribution in [0.4, 0.5) is 4.79 Å². The van der Waals surface area contributed by atoms with Gasteiger partial charge in [0.2, 0.25) is 5.82 Å². The van der Waals surface area contributed by atoms with Crippen LogP contribution >= 0.6 is 11.6 Å². The molecule has 0 saturated carbocycles. The van der Waals surface area contributed by atoms with E-state index in [9.17, 15) is 9.35 Å². The predicted molar refractivity (Wildman–Crippen MR) is 113 cm³/mol. The number of aromatic nitrogens is 2. The largest absolute Gasteiger partial charge is 0.612 e. The molecule has 2 heterocycles. The number of ether oxygens (including phenoxy) is 2. The van der Waals surface area contributed by atoms with Crippen molar-refractivity contribution >= 4 is 28.9 Å². The van der Waals surface area contributed by atoms with Gasteiger partial charge in [-0.25, -0.2) is 4.79 Å². The second-order valence-corrected chi connectivity index (χ2v) is 9.84. The summed E-state index contributed by atoms with van der Waals surface area (Å²) in [7, 11) is 0. The Morgan fingerprint density at radius 3 is 2.67 bits per heavy atom. The number of benzene rings is 1. The van der Waals surface area contributed by atoms with Crippen molar-refractivity contribution < 1.29 is 23.3 Å². The molecule has 30 heavy (non-hydrogen) atoms. The van der Waals surface area contributed by atoms with E-state index >= 15 is 0 Å². The fourth-order valence-corrected chi connectivity index (χ4v) is 4.12. The predicted octanol–water partition coefficient (Wildman–Crippen LogP) is 4.04. The molecule has 2 aromatic rings. The first-order chi connectivity index (χ1) is 14.1. The molecule has 0 aliphatic carbocycles. The third-order valence-corrected chi connectivity index (χ3v) is 5.90. The minimum Gasteiger partial charge on any atom is -0.612 e. The number of nitrogens with zero attached hydrogens (tertiary/aromatic N) is 3. The van der Waals surface area contributed by atoms with Gasteiger partial charge in [-0.2, -0.15) is 4.98 Å². The van der Waals surface area contributed by atoms with E-state index < -0.39 is 16.8 Å². The SMILES string of the molecule is C[S+]([O-])c1ccc(-c2noc(COC3CCN(C(=O)OC(C)(C)C)CC3)n2)cc1Cl. The highest BCUT2D eigenvalue weighted by Crippen LogP contribution is 2.27. The Hall–Kier alpha value is -1.81. The molecule has 1 aromatic heterocycles. The molecule has 164 valence electrons. The van der Waals surface area contributed by atoms with Crippen LogP contribution in [0.2, 0.25) is 5.02 Å². The van der Waals surface area contributed by atoms with Gasteiger partial charge >= 0.3 is 6.09 Å². The van der Waals surface area contributed by atoms with E-state index in [1.165, 1.54) is 0 Å². The summed E-state index contributed by atoms with van der Waals surface area (Å²) in [5.41, 5.74) is 0.174. The highest BCUT2D eigenvalue weighted by molar-refractivity contribution is 7.90. The van der Waals surface area contributed by atoms with Gasteiger partial charge in [-0.15, -0.1) is 0 Å². The Morgan fingerprint density at radius 1 is 1.37 bits per heavy atom. The maximum atomic E-state index is 12.1. The number of piperidine rings is 1. The van der Waals surface area contributed by atoms with E-state index in [1.807, 2.05) is 20.8 Å². The standard InChI is InChI=1S/C20H26ClN3O5S/c1-20(2,3)28-19(25)24-9-7-14(8-10-24)27-12-17-22-18(23-29-17)13-5-6-16(30(4)26)15(21)11-13/h5-6,11,14H,7-10,12H2,1-4H3. The number of halogens is 1. The van der Waals surface area contributed by atoms with Crippen molar-refractivity contribution in [2.45, 2.75) is 56.8 Å². The Labute approximate surface area is 184 Å². The van der Waals surface area contributed by atoms with E-state index in [-0.39, 0.29) is 18.8 Å². The van der Waals surface area contributed by atoms with Gasteiger partial charge < -0.3 is 23.4 Å². The van der Waals surface area contributed by atoms with E-state index in [0.29, 0.717) is 53.1 Å². The van der Waals surface area contributed by atoms with Crippen LogP contribution in [0.3, 0.4) is 0 Å². The number of carbonyl (C=O) groups is 1. The number of hydrogen-bond acceptors (Lipinski definition) is 7. The lowest BCUT2D eigenvalue weighted by atomic mass is 10.1. The van der Waals surface area contributed by atoms with Crippen molar-refractivity contribution in [2.75, 3.05) is 19.3 Å². The van der Waals surface area contributed by atoms with Crippen LogP contribution in [-0.4, -0.2) is 56.7 Å². The lowest BCUT2D eigenvalue weighted by molar-refractivity contribution is -0.0231. The van der Waals surface area contributed by atoms with Crippen molar-refractivity contribution in [3.05, 3.63) is 29.1 Å². The Balaban J connectivity index is 1.50. The summed E-state index contributed by atoms with van der Waals surface area (Å²) in [6.07, 6.45) is 2.71. The number of amides is 1. The number of likely N-dealkylation sites (tertiary alicyclic amines) is 1. The quantitative estimate of drug-likeness (QED) is 0.627. The van der Waals surface area contributed by atoms with Gasteiger partial charge in [0.05, 0.1) is 11.1 Å². The van der Waals surface area contributed by atoms with Gasteiger partial charge in [0.25, 0.3) is 5.89 Å². The van der Waals surface area contributed by atoms with Crippen LogP contribution in [0.25, 0.3) is 11.4 Å². The van der Waals surface area contributed by atoms with Gasteiger partial charge in [0.15, 0.2) is 4.90 Å². The smallest absolute Gasteiger partial charge is 0.410 e. The fourth-order valence-electron chi connectivity index (χ4n) is 3.02. The molecule has 0 bridgehead atoms. The summed E-state index contributed by atoms with van der Waals surface area (Å²) in [5, 5.41) is 4.36. The molecular weight excluding hydrogens is 430 g/mol. The van der Waals surface area contributed by atoms with Crippen molar-refractivity contribution in [1.82, 2.24) is 15.0 Å². The zero-order chi connectivity index (χ0) is 21.9. The molecule has 0 N–H and O–H groups in total. The summed E-state index contributed by atoms with van der Waals surface area (Å²) in [6.45, 7) is 6.91. The molecule has 0 spiro atoms. The molecule has 8 nitrogen and oxygen atoms in total. The second kappa shape index (κ2) is 9.55. The summed E-state index contributed by atoms with van der Waals surface area (Å²) in [6, 6.07) is 5.11. The van der Waals surface area contributed by atoms with E-state index in [1.54, 1.807) is 29.4 Å². The Morgan fingerprint density at radius 2 is 2.07 bits per heavy atom. The maximum absolute atomic E-state index is 12.1. The zero-order valence-corrected chi connectivity index (χ0v) is 19.1. The molecule has 1 aliphatic rings. The number of hydrogen-bond donors (Lipinski definition) is 0. The van der Waals surface area contributed by atoms with E-state index in [0.717, 1.165) is 0 Å². The van der Waals surface area contributed by atoms with Crippen LogP contribution in [-0.2, 0) is 27.3 Å². The first-order valence-corrected chi connectivity index (χ1v) is 11.6. The van der Waals surface area contributed by atoms with Gasteiger partial charge in [0.1, 0.15) is 18.5 Å². The molecule has 0 radical (unpaired) electrons. The van der Waals surface area contributed by atoms with Crippen LogP contribution in [0.15, 0.2) is 27.6 Å². The van der Waals surface area contributed by atoms with Crippen molar-refractivity contribution in [2.24, 2.45) is 0 Å². The fraction of sp³-hybridized carbons (Fsp3) is 0.550. The number of rotatable bonds is 5. The normalized spacial score (nSPS) is 16.5. The first kappa shape index (κ1) is 22.9. The minimum atomic E-state index is -1.17. The number of carbonyl (C=O) groups excluding carboxylic acids is 1.